The Labute approximate surface area is 121 Å². The number of benzene rings is 1. The number of carbonyl (C=O) groups excluding carboxylic acids is 3. The van der Waals surface area contributed by atoms with Crippen LogP contribution >= 0.6 is 0 Å². The van der Waals surface area contributed by atoms with Crippen LogP contribution in [-0.2, 0) is 14.3 Å². The van der Waals surface area contributed by atoms with Crippen LogP contribution in [0.5, 0.6) is 0 Å². The van der Waals surface area contributed by atoms with Gasteiger partial charge in [0, 0.05) is 18.5 Å². The zero-order valence-corrected chi connectivity index (χ0v) is 11.5. The van der Waals surface area contributed by atoms with Crippen LogP contribution in [0, 0.1) is 0 Å². The lowest BCUT2D eigenvalue weighted by Gasteiger charge is -2.12. The van der Waals surface area contributed by atoms with Gasteiger partial charge in [-0.05, 0) is 31.2 Å². The van der Waals surface area contributed by atoms with Gasteiger partial charge in [0.1, 0.15) is 5.71 Å². The van der Waals surface area contributed by atoms with Crippen molar-refractivity contribution in [1.29, 1.82) is 0 Å². The predicted octanol–water partition coefficient (Wildman–Crippen LogP) is 1.07. The van der Waals surface area contributed by atoms with Crippen molar-refractivity contribution >= 4 is 29.2 Å². The summed E-state index contributed by atoms with van der Waals surface area (Å²) in [5.41, 5.74) is 3.48. The fourth-order valence-electron chi connectivity index (χ4n) is 1.75. The average Bonchev–Trinajstić information content (AvgIpc) is 2.49. The highest BCUT2D eigenvalue weighted by molar-refractivity contribution is 6.43. The molecular weight excluding hydrogens is 274 g/mol. The number of nitrogens with one attached hydrogen (secondary N) is 2. The Morgan fingerprint density at radius 2 is 2.00 bits per heavy atom. The van der Waals surface area contributed by atoms with Crippen LogP contribution < -0.4 is 10.7 Å². The number of nitrogens with zero attached hydrogens (tertiary/aromatic N) is 1. The number of rotatable bonds is 4. The van der Waals surface area contributed by atoms with E-state index in [1.807, 2.05) is 0 Å². The smallest absolute Gasteiger partial charge is 0.338 e. The van der Waals surface area contributed by atoms with Gasteiger partial charge in [-0.1, -0.05) is 0 Å². The number of esters is 1. The third-order valence-corrected chi connectivity index (χ3v) is 2.82. The summed E-state index contributed by atoms with van der Waals surface area (Å²) in [5, 5.41) is 6.36. The molecule has 0 saturated carbocycles. The molecule has 7 heteroatoms. The highest BCUT2D eigenvalue weighted by Gasteiger charge is 2.18. The lowest BCUT2D eigenvalue weighted by Crippen LogP contribution is -2.32. The number of amides is 2. The van der Waals surface area contributed by atoms with E-state index in [1.54, 1.807) is 31.2 Å². The van der Waals surface area contributed by atoms with Crippen LogP contribution in [0.3, 0.4) is 0 Å². The van der Waals surface area contributed by atoms with Crippen LogP contribution in [0.25, 0.3) is 0 Å². The molecular formula is C14H15N3O4. The van der Waals surface area contributed by atoms with Crippen molar-refractivity contribution in [2.75, 3.05) is 11.9 Å². The van der Waals surface area contributed by atoms with Crippen molar-refractivity contribution in [3.05, 3.63) is 29.8 Å². The number of anilines is 1. The van der Waals surface area contributed by atoms with Crippen molar-refractivity contribution in [2.24, 2.45) is 5.10 Å². The van der Waals surface area contributed by atoms with Crippen molar-refractivity contribution in [1.82, 2.24) is 5.43 Å². The molecule has 1 aromatic carbocycles. The predicted molar refractivity (Wildman–Crippen MR) is 75.8 cm³/mol. The molecule has 2 rings (SSSR count). The monoisotopic (exact) mass is 289 g/mol. The Bertz CT molecular complexity index is 593. The normalized spacial score (nSPS) is 14.0. The molecule has 0 aliphatic carbocycles. The number of hydrogen-bond acceptors (Lipinski definition) is 5. The second kappa shape index (κ2) is 6.65. The van der Waals surface area contributed by atoms with E-state index >= 15 is 0 Å². The molecule has 2 amide bonds. The van der Waals surface area contributed by atoms with Gasteiger partial charge in [0.05, 0.1) is 12.2 Å². The highest BCUT2D eigenvalue weighted by atomic mass is 16.5. The summed E-state index contributed by atoms with van der Waals surface area (Å²) in [6.07, 6.45) is 0.548. The van der Waals surface area contributed by atoms with E-state index in [9.17, 15) is 14.4 Å². The fourth-order valence-corrected chi connectivity index (χ4v) is 1.75. The minimum Gasteiger partial charge on any atom is -0.462 e. The molecule has 1 aliphatic rings. The van der Waals surface area contributed by atoms with Gasteiger partial charge in [0.2, 0.25) is 5.91 Å². The first kappa shape index (κ1) is 14.7. The molecule has 1 aliphatic heterocycles. The summed E-state index contributed by atoms with van der Waals surface area (Å²) in [6, 6.07) is 6.34. The van der Waals surface area contributed by atoms with Crippen molar-refractivity contribution < 1.29 is 19.1 Å². The first-order chi connectivity index (χ1) is 10.1. The Balaban J connectivity index is 1.98. The van der Waals surface area contributed by atoms with Gasteiger partial charge < -0.3 is 10.1 Å². The van der Waals surface area contributed by atoms with E-state index in [1.165, 1.54) is 0 Å². The van der Waals surface area contributed by atoms with Gasteiger partial charge >= 0.3 is 5.97 Å². The third-order valence-electron chi connectivity index (χ3n) is 2.82. The van der Waals surface area contributed by atoms with Crippen molar-refractivity contribution in [3.8, 4) is 0 Å². The van der Waals surface area contributed by atoms with E-state index in [4.69, 9.17) is 4.74 Å². The van der Waals surface area contributed by atoms with Gasteiger partial charge in [-0.2, -0.15) is 5.10 Å². The molecule has 0 radical (unpaired) electrons. The maximum atomic E-state index is 11.9. The molecule has 0 unspecified atom stereocenters. The standard InChI is InChI=1S/C14H15N3O4/c1-2-21-14(20)9-3-5-10(6-4-9)15-13(19)11-7-8-12(18)17-16-11/h3-6H,2,7-8H2,1H3,(H,15,19)(H,17,18). The Kier molecular flexibility index (Phi) is 4.65. The molecule has 0 saturated heterocycles. The van der Waals surface area contributed by atoms with Gasteiger partial charge in [-0.15, -0.1) is 0 Å². The Morgan fingerprint density at radius 3 is 2.57 bits per heavy atom. The summed E-state index contributed by atoms with van der Waals surface area (Å²) in [6.45, 7) is 2.04. The average molecular weight is 289 g/mol. The summed E-state index contributed by atoms with van der Waals surface area (Å²) in [5.74, 6) is -0.987. The van der Waals surface area contributed by atoms with Crippen LogP contribution in [0.15, 0.2) is 29.4 Å². The maximum absolute atomic E-state index is 11.9. The maximum Gasteiger partial charge on any atom is 0.338 e. The zero-order valence-electron chi connectivity index (χ0n) is 11.5. The quantitative estimate of drug-likeness (QED) is 0.810. The number of hydrogen-bond donors (Lipinski definition) is 2. The molecule has 2 N–H and O–H groups in total. The second-order valence-corrected chi connectivity index (χ2v) is 4.35. The Morgan fingerprint density at radius 1 is 1.29 bits per heavy atom. The molecule has 0 aromatic heterocycles. The van der Waals surface area contributed by atoms with E-state index in [0.29, 0.717) is 24.3 Å². The molecule has 0 fully saturated rings. The second-order valence-electron chi connectivity index (χ2n) is 4.35. The topological polar surface area (TPSA) is 96.9 Å². The van der Waals surface area contributed by atoms with E-state index < -0.39 is 5.97 Å². The van der Waals surface area contributed by atoms with Crippen LogP contribution in [0.2, 0.25) is 0 Å². The number of hydrazone groups is 1. The van der Waals surface area contributed by atoms with E-state index in [2.05, 4.69) is 15.8 Å². The van der Waals surface area contributed by atoms with Crippen molar-refractivity contribution in [2.45, 2.75) is 19.8 Å². The summed E-state index contributed by atoms with van der Waals surface area (Å²) >= 11 is 0. The Hall–Kier alpha value is -2.70. The van der Waals surface area contributed by atoms with E-state index in [0.717, 1.165) is 0 Å². The lowest BCUT2D eigenvalue weighted by molar-refractivity contribution is -0.121. The largest absolute Gasteiger partial charge is 0.462 e. The lowest BCUT2D eigenvalue weighted by atomic mass is 10.1. The summed E-state index contributed by atoms with van der Waals surface area (Å²) in [4.78, 5) is 34.3. The molecule has 21 heavy (non-hydrogen) atoms. The van der Waals surface area contributed by atoms with E-state index in [-0.39, 0.29) is 23.9 Å². The molecule has 0 spiro atoms. The minimum atomic E-state index is -0.408. The highest BCUT2D eigenvalue weighted by Crippen LogP contribution is 2.11. The molecule has 110 valence electrons. The molecule has 0 atom stereocenters. The summed E-state index contributed by atoms with van der Waals surface area (Å²) in [7, 11) is 0. The van der Waals surface area contributed by atoms with Gasteiger partial charge in [-0.25, -0.2) is 10.2 Å². The van der Waals surface area contributed by atoms with Gasteiger partial charge in [0.25, 0.3) is 5.91 Å². The minimum absolute atomic E-state index is 0.203. The van der Waals surface area contributed by atoms with Gasteiger partial charge in [0.15, 0.2) is 0 Å². The van der Waals surface area contributed by atoms with Crippen LogP contribution in [0.1, 0.15) is 30.1 Å². The fraction of sp³-hybridized carbons (Fsp3) is 0.286. The number of carbonyl (C=O) groups is 3. The first-order valence-electron chi connectivity index (χ1n) is 6.54. The van der Waals surface area contributed by atoms with Crippen molar-refractivity contribution in [3.63, 3.8) is 0 Å². The SMILES string of the molecule is CCOC(=O)c1ccc(NC(=O)C2=NNC(=O)CC2)cc1. The van der Waals surface area contributed by atoms with Gasteiger partial charge in [-0.3, -0.25) is 9.59 Å². The molecule has 0 bridgehead atoms. The zero-order chi connectivity index (χ0) is 15.2. The molecule has 7 nitrogen and oxygen atoms in total. The number of ether oxygens (including phenoxy) is 1. The third kappa shape index (κ3) is 3.88. The van der Waals surface area contributed by atoms with Crippen LogP contribution in [-0.4, -0.2) is 30.1 Å². The van der Waals surface area contributed by atoms with Crippen LogP contribution in [0.4, 0.5) is 5.69 Å². The molecule has 1 heterocycles. The first-order valence-corrected chi connectivity index (χ1v) is 6.54. The summed E-state index contributed by atoms with van der Waals surface area (Å²) < 4.78 is 4.87. The molecule has 1 aromatic rings.